The van der Waals surface area contributed by atoms with E-state index in [1.807, 2.05) is 0 Å². The van der Waals surface area contributed by atoms with Crippen molar-refractivity contribution in [3.8, 4) is 0 Å². The van der Waals surface area contributed by atoms with Crippen LogP contribution in [-0.4, -0.2) is 34.0 Å². The molecule has 1 unspecified atom stereocenters. The maximum atomic E-state index is 13.5. The summed E-state index contributed by atoms with van der Waals surface area (Å²) in [6.45, 7) is 0. The number of alkyl halides is 3. The molecule has 0 aliphatic rings. The van der Waals surface area contributed by atoms with E-state index >= 15 is 0 Å². The van der Waals surface area contributed by atoms with Crippen molar-refractivity contribution in [1.29, 1.82) is 0 Å². The normalized spacial score (nSPS) is 11.8. The lowest BCUT2D eigenvalue weighted by Gasteiger charge is -2.19. The molecular weight excluding hydrogens is 573 g/mol. The Kier molecular flexibility index (Phi) is 8.96. The fourth-order valence-corrected chi connectivity index (χ4v) is 4.97. The third-order valence-electron chi connectivity index (χ3n) is 5.94. The second-order valence-electron chi connectivity index (χ2n) is 8.79. The minimum absolute atomic E-state index is 0.245. The molecule has 4 aromatic carbocycles. The average molecular weight is 595 g/mol. The number of rotatable bonds is 9. The summed E-state index contributed by atoms with van der Waals surface area (Å²) in [4.78, 5) is 49.4. The summed E-state index contributed by atoms with van der Waals surface area (Å²) in [7, 11) is 0. The van der Waals surface area contributed by atoms with Crippen LogP contribution in [0.25, 0.3) is 0 Å². The van der Waals surface area contributed by atoms with Crippen LogP contribution in [0, 0.1) is 0 Å². The van der Waals surface area contributed by atoms with Crippen LogP contribution in [0.5, 0.6) is 0 Å². The minimum atomic E-state index is -4.66. The molecule has 0 fully saturated rings. The zero-order valence-corrected chi connectivity index (χ0v) is 22.2. The van der Waals surface area contributed by atoms with Gasteiger partial charge in [-0.05, 0) is 60.2 Å². The first kappa shape index (κ1) is 29.9. The Morgan fingerprint density at radius 3 is 1.98 bits per heavy atom. The number of aromatic carboxylic acids is 2. The number of carboxylic acid groups (broad SMARTS) is 2. The minimum Gasteiger partial charge on any atom is -0.478 e. The number of para-hydroxylation sites is 1. The highest BCUT2D eigenvalue weighted by atomic mass is 32.2. The van der Waals surface area contributed by atoms with Crippen molar-refractivity contribution in [2.45, 2.75) is 16.3 Å². The molecule has 0 aliphatic carbocycles. The molecule has 4 N–H and O–H groups in total. The molecule has 214 valence electrons. The van der Waals surface area contributed by atoms with Gasteiger partial charge in [0.05, 0.1) is 27.9 Å². The first-order valence-corrected chi connectivity index (χ1v) is 13.0. The summed E-state index contributed by atoms with van der Waals surface area (Å²) in [5, 5.41) is 22.5. The smallest absolute Gasteiger partial charge is 0.418 e. The molecule has 0 radical (unpaired) electrons. The number of amides is 2. The van der Waals surface area contributed by atoms with Crippen molar-refractivity contribution in [2.24, 2.45) is 0 Å². The molecule has 4 aromatic rings. The Bertz CT molecular complexity index is 1640. The molecule has 4 rings (SSSR count). The monoisotopic (exact) mass is 594 g/mol. The highest BCUT2D eigenvalue weighted by Crippen LogP contribution is 2.39. The molecule has 0 saturated heterocycles. The number of thioether (sulfide) groups is 1. The number of benzene rings is 4. The van der Waals surface area contributed by atoms with E-state index in [9.17, 15) is 37.5 Å². The van der Waals surface area contributed by atoms with Crippen LogP contribution < -0.4 is 10.6 Å². The molecule has 0 saturated carbocycles. The Morgan fingerprint density at radius 1 is 0.714 bits per heavy atom. The summed E-state index contributed by atoms with van der Waals surface area (Å²) in [5.41, 5.74) is -1.53. The van der Waals surface area contributed by atoms with Crippen LogP contribution in [0.3, 0.4) is 0 Å². The molecule has 0 aliphatic heterocycles. The van der Waals surface area contributed by atoms with Crippen molar-refractivity contribution in [3.63, 3.8) is 0 Å². The summed E-state index contributed by atoms with van der Waals surface area (Å²) in [5.74, 6) is -4.27. The van der Waals surface area contributed by atoms with E-state index in [4.69, 9.17) is 5.11 Å². The second-order valence-corrected chi connectivity index (χ2v) is 9.97. The average Bonchev–Trinajstić information content (AvgIpc) is 2.96. The van der Waals surface area contributed by atoms with Gasteiger partial charge >= 0.3 is 18.1 Å². The van der Waals surface area contributed by atoms with Gasteiger partial charge in [0.25, 0.3) is 5.91 Å². The predicted molar refractivity (Wildman–Crippen MR) is 150 cm³/mol. The number of halogens is 3. The van der Waals surface area contributed by atoms with Crippen LogP contribution in [0.15, 0.2) is 102 Å². The lowest BCUT2D eigenvalue weighted by Crippen LogP contribution is -2.21. The van der Waals surface area contributed by atoms with Crippen LogP contribution in [0.1, 0.15) is 47.5 Å². The highest BCUT2D eigenvalue weighted by molar-refractivity contribution is 8.00. The van der Waals surface area contributed by atoms with Gasteiger partial charge in [0.2, 0.25) is 5.91 Å². The number of carboxylic acids is 2. The van der Waals surface area contributed by atoms with E-state index in [0.29, 0.717) is 10.5 Å². The van der Waals surface area contributed by atoms with Gasteiger partial charge in [-0.3, -0.25) is 9.59 Å². The zero-order valence-electron chi connectivity index (χ0n) is 21.4. The SMILES string of the molecule is O=C(O)c1ccc(C(=O)Nc2ccc(SC(C(=O)Nc3ccccc3C(F)(F)F)c3ccccc3)cc2)c(C(=O)O)c1. The van der Waals surface area contributed by atoms with Crippen LogP contribution in [0.4, 0.5) is 24.5 Å². The van der Waals surface area contributed by atoms with Crippen molar-refractivity contribution < 1.29 is 42.6 Å². The van der Waals surface area contributed by atoms with E-state index in [1.165, 1.54) is 30.3 Å². The predicted octanol–water partition coefficient (Wildman–Crippen LogP) is 6.83. The number of hydrogen-bond donors (Lipinski definition) is 4. The van der Waals surface area contributed by atoms with Crippen molar-refractivity contribution in [1.82, 2.24) is 0 Å². The van der Waals surface area contributed by atoms with E-state index in [0.717, 1.165) is 36.0 Å². The van der Waals surface area contributed by atoms with Crippen molar-refractivity contribution >= 4 is 46.9 Å². The molecule has 0 spiro atoms. The quantitative estimate of drug-likeness (QED) is 0.156. The summed E-state index contributed by atoms with van der Waals surface area (Å²) < 4.78 is 40.4. The number of hydrogen-bond acceptors (Lipinski definition) is 5. The standard InChI is InChI=1S/C30H21F3N2O6S/c31-30(32,33)23-8-4-5-9-24(23)35-27(37)25(17-6-2-1-3-7-17)42-20-13-11-19(12-14-20)34-26(36)21-15-10-18(28(38)39)16-22(21)29(40)41/h1-16,25H,(H,34,36)(H,35,37)(H,38,39)(H,40,41). The van der Waals surface area contributed by atoms with Crippen molar-refractivity contribution in [2.75, 3.05) is 10.6 Å². The number of nitrogens with one attached hydrogen (secondary N) is 2. The zero-order chi connectivity index (χ0) is 30.4. The fraction of sp³-hybridized carbons (Fsp3) is 0.0667. The lowest BCUT2D eigenvalue weighted by atomic mass is 10.0. The van der Waals surface area contributed by atoms with Gasteiger partial charge in [-0.25, -0.2) is 9.59 Å². The van der Waals surface area contributed by atoms with Crippen LogP contribution in [0.2, 0.25) is 0 Å². The highest BCUT2D eigenvalue weighted by Gasteiger charge is 2.34. The molecule has 12 heteroatoms. The fourth-order valence-electron chi connectivity index (χ4n) is 3.94. The Hall–Kier alpha value is -5.10. The van der Waals surface area contributed by atoms with Gasteiger partial charge in [0.15, 0.2) is 0 Å². The summed E-state index contributed by atoms with van der Waals surface area (Å²) >= 11 is 1.08. The molecule has 0 bridgehead atoms. The van der Waals surface area contributed by atoms with E-state index in [-0.39, 0.29) is 22.5 Å². The van der Waals surface area contributed by atoms with Gasteiger partial charge < -0.3 is 20.8 Å². The topological polar surface area (TPSA) is 133 Å². The Balaban J connectivity index is 1.54. The third-order valence-corrected chi connectivity index (χ3v) is 7.20. The first-order chi connectivity index (χ1) is 19.9. The van der Waals surface area contributed by atoms with Crippen molar-refractivity contribution in [3.05, 3.63) is 125 Å². The summed E-state index contributed by atoms with van der Waals surface area (Å²) in [6.07, 6.45) is -4.66. The van der Waals surface area contributed by atoms with Gasteiger partial charge in [-0.15, -0.1) is 11.8 Å². The van der Waals surface area contributed by atoms with Gasteiger partial charge in [0.1, 0.15) is 5.25 Å². The third kappa shape index (κ3) is 7.15. The maximum absolute atomic E-state index is 13.5. The van der Waals surface area contributed by atoms with E-state index in [1.54, 1.807) is 42.5 Å². The molecule has 42 heavy (non-hydrogen) atoms. The maximum Gasteiger partial charge on any atom is 0.418 e. The lowest BCUT2D eigenvalue weighted by molar-refractivity contribution is -0.137. The van der Waals surface area contributed by atoms with Crippen LogP contribution in [-0.2, 0) is 11.0 Å². The molecule has 1 atom stereocenters. The Labute approximate surface area is 241 Å². The van der Waals surface area contributed by atoms with Gasteiger partial charge in [-0.2, -0.15) is 13.2 Å². The second kappa shape index (κ2) is 12.6. The molecule has 8 nitrogen and oxygen atoms in total. The number of carbonyl (C=O) groups excluding carboxylic acids is 2. The number of carbonyl (C=O) groups is 4. The molecule has 2 amide bonds. The molecular formula is C30H21F3N2O6S. The number of anilines is 2. The van der Waals surface area contributed by atoms with Gasteiger partial charge in [-0.1, -0.05) is 42.5 Å². The molecule has 0 heterocycles. The Morgan fingerprint density at radius 2 is 1.36 bits per heavy atom. The van der Waals surface area contributed by atoms with Gasteiger partial charge in [0, 0.05) is 10.6 Å². The van der Waals surface area contributed by atoms with E-state index in [2.05, 4.69) is 10.6 Å². The largest absolute Gasteiger partial charge is 0.478 e. The first-order valence-electron chi connectivity index (χ1n) is 12.1. The summed E-state index contributed by atoms with van der Waals surface area (Å²) in [6, 6.07) is 22.5. The van der Waals surface area contributed by atoms with E-state index < -0.39 is 46.3 Å². The van der Waals surface area contributed by atoms with Crippen LogP contribution >= 0.6 is 11.8 Å². The molecule has 0 aromatic heterocycles.